The number of halogens is 2. The molecular weight excluding hydrogens is 293 g/mol. The van der Waals surface area contributed by atoms with Crippen LogP contribution in [0.4, 0.5) is 11.5 Å². The lowest BCUT2D eigenvalue weighted by molar-refractivity contribution is -0.384. The predicted molar refractivity (Wildman–Crippen MR) is 71.8 cm³/mol. The van der Waals surface area contributed by atoms with Gasteiger partial charge < -0.3 is 10.5 Å². The largest absolute Gasteiger partial charge is 0.439 e. The van der Waals surface area contributed by atoms with E-state index >= 15 is 0 Å². The van der Waals surface area contributed by atoms with E-state index in [4.69, 9.17) is 33.7 Å². The van der Waals surface area contributed by atoms with Crippen LogP contribution in [0.25, 0.3) is 0 Å². The summed E-state index contributed by atoms with van der Waals surface area (Å²) in [5.74, 6) is 0.344. The van der Waals surface area contributed by atoms with Gasteiger partial charge in [0, 0.05) is 6.07 Å². The first-order valence-electron chi connectivity index (χ1n) is 5.00. The van der Waals surface area contributed by atoms with Gasteiger partial charge in [-0.1, -0.05) is 23.2 Å². The Morgan fingerprint density at radius 2 is 1.95 bits per heavy atom. The van der Waals surface area contributed by atoms with E-state index in [1.807, 2.05) is 0 Å². The van der Waals surface area contributed by atoms with Crippen molar-refractivity contribution in [3.8, 4) is 11.6 Å². The summed E-state index contributed by atoms with van der Waals surface area (Å²) in [5, 5.41) is 11.4. The predicted octanol–water partition coefficient (Wildman–Crippen LogP) is 3.67. The molecule has 0 aliphatic carbocycles. The molecule has 6 nitrogen and oxygen atoms in total. The minimum Gasteiger partial charge on any atom is -0.439 e. The van der Waals surface area contributed by atoms with Crippen molar-refractivity contribution in [1.82, 2.24) is 4.98 Å². The Hall–Kier alpha value is -2.05. The van der Waals surface area contributed by atoms with Gasteiger partial charge in [0.15, 0.2) is 0 Å². The van der Waals surface area contributed by atoms with Gasteiger partial charge in [-0.25, -0.2) is 0 Å². The molecule has 1 heterocycles. The van der Waals surface area contributed by atoms with Crippen molar-refractivity contribution in [2.75, 3.05) is 5.73 Å². The smallest absolute Gasteiger partial charge is 0.278 e. The number of anilines is 1. The van der Waals surface area contributed by atoms with E-state index in [1.54, 1.807) is 12.1 Å². The molecule has 2 rings (SSSR count). The number of nitro groups is 1. The van der Waals surface area contributed by atoms with Crippen molar-refractivity contribution in [3.05, 3.63) is 50.5 Å². The molecule has 0 unspecified atom stereocenters. The van der Waals surface area contributed by atoms with Crippen LogP contribution in [0.5, 0.6) is 11.6 Å². The number of aromatic nitrogens is 1. The SMILES string of the molecule is Nc1cc([N+](=O)[O-])cc(Oc2ccc(Cl)c(Cl)c2)n1. The summed E-state index contributed by atoms with van der Waals surface area (Å²) >= 11 is 11.6. The Labute approximate surface area is 117 Å². The third kappa shape index (κ3) is 3.24. The van der Waals surface area contributed by atoms with Gasteiger partial charge in [0.1, 0.15) is 11.6 Å². The van der Waals surface area contributed by atoms with Crippen molar-refractivity contribution >= 4 is 34.7 Å². The average molecular weight is 300 g/mol. The van der Waals surface area contributed by atoms with Gasteiger partial charge in [0.2, 0.25) is 5.88 Å². The van der Waals surface area contributed by atoms with E-state index in [0.29, 0.717) is 15.8 Å². The van der Waals surface area contributed by atoms with Gasteiger partial charge >= 0.3 is 0 Å². The number of hydrogen-bond acceptors (Lipinski definition) is 5. The maximum absolute atomic E-state index is 10.7. The topological polar surface area (TPSA) is 91.3 Å². The summed E-state index contributed by atoms with van der Waals surface area (Å²) < 4.78 is 5.35. The molecule has 2 N–H and O–H groups in total. The van der Waals surface area contributed by atoms with Crippen LogP contribution in [-0.4, -0.2) is 9.91 Å². The maximum Gasteiger partial charge on any atom is 0.278 e. The standard InChI is InChI=1S/C11H7Cl2N3O3/c12-8-2-1-7(5-9(8)13)19-11-4-6(16(17)18)3-10(14)15-11/h1-5H,(H2,14,15). The molecule has 0 amide bonds. The molecule has 8 heteroatoms. The molecule has 0 fully saturated rings. The Morgan fingerprint density at radius 3 is 2.58 bits per heavy atom. The highest BCUT2D eigenvalue weighted by molar-refractivity contribution is 6.42. The monoisotopic (exact) mass is 299 g/mol. The highest BCUT2D eigenvalue weighted by Crippen LogP contribution is 2.30. The highest BCUT2D eigenvalue weighted by atomic mass is 35.5. The first-order chi connectivity index (χ1) is 8.95. The molecule has 19 heavy (non-hydrogen) atoms. The third-order valence-electron chi connectivity index (χ3n) is 2.13. The van der Waals surface area contributed by atoms with E-state index < -0.39 is 4.92 Å². The van der Waals surface area contributed by atoms with Gasteiger partial charge in [0.05, 0.1) is 27.1 Å². The summed E-state index contributed by atoms with van der Waals surface area (Å²) in [7, 11) is 0. The lowest BCUT2D eigenvalue weighted by atomic mass is 10.3. The first-order valence-corrected chi connectivity index (χ1v) is 5.76. The number of rotatable bonds is 3. The average Bonchev–Trinajstić information content (AvgIpc) is 2.33. The molecule has 1 aromatic heterocycles. The minimum atomic E-state index is -0.584. The Bertz CT molecular complexity index is 649. The van der Waals surface area contributed by atoms with Crippen LogP contribution in [-0.2, 0) is 0 Å². The fourth-order valence-electron chi connectivity index (χ4n) is 1.33. The Balaban J connectivity index is 2.32. The minimum absolute atomic E-state index is 0.00471. The molecular formula is C11H7Cl2N3O3. The molecule has 2 aromatic rings. The summed E-state index contributed by atoms with van der Waals surface area (Å²) in [6, 6.07) is 6.88. The fourth-order valence-corrected chi connectivity index (χ4v) is 1.62. The van der Waals surface area contributed by atoms with Gasteiger partial charge in [-0.3, -0.25) is 10.1 Å². The van der Waals surface area contributed by atoms with E-state index in [9.17, 15) is 10.1 Å². The maximum atomic E-state index is 10.7. The summed E-state index contributed by atoms with van der Waals surface area (Å²) in [5.41, 5.74) is 5.26. The normalized spacial score (nSPS) is 10.2. The molecule has 0 spiro atoms. The van der Waals surface area contributed by atoms with Gasteiger partial charge in [-0.2, -0.15) is 4.98 Å². The van der Waals surface area contributed by atoms with Crippen LogP contribution in [0.1, 0.15) is 0 Å². The van der Waals surface area contributed by atoms with Gasteiger partial charge in [-0.15, -0.1) is 0 Å². The zero-order chi connectivity index (χ0) is 14.0. The van der Waals surface area contributed by atoms with Crippen molar-refractivity contribution in [1.29, 1.82) is 0 Å². The number of nitrogens with zero attached hydrogens (tertiary/aromatic N) is 2. The van der Waals surface area contributed by atoms with E-state index in [0.717, 1.165) is 6.07 Å². The number of ether oxygens (including phenoxy) is 1. The molecule has 0 atom stereocenters. The summed E-state index contributed by atoms with van der Waals surface area (Å²) in [4.78, 5) is 13.9. The molecule has 0 aliphatic heterocycles. The number of nitrogen functional groups attached to an aromatic ring is 1. The second kappa shape index (κ2) is 5.29. The fraction of sp³-hybridized carbons (Fsp3) is 0. The van der Waals surface area contributed by atoms with E-state index in [2.05, 4.69) is 4.98 Å². The van der Waals surface area contributed by atoms with Crippen molar-refractivity contribution < 1.29 is 9.66 Å². The lowest BCUT2D eigenvalue weighted by Crippen LogP contribution is -1.97. The van der Waals surface area contributed by atoms with Crippen molar-refractivity contribution in [2.45, 2.75) is 0 Å². The van der Waals surface area contributed by atoms with E-state index in [1.165, 1.54) is 12.1 Å². The zero-order valence-electron chi connectivity index (χ0n) is 9.34. The molecule has 98 valence electrons. The molecule has 0 radical (unpaired) electrons. The molecule has 0 saturated carbocycles. The van der Waals surface area contributed by atoms with Crippen LogP contribution < -0.4 is 10.5 Å². The summed E-state index contributed by atoms with van der Waals surface area (Å²) in [6.07, 6.45) is 0. The highest BCUT2D eigenvalue weighted by Gasteiger charge is 2.11. The van der Waals surface area contributed by atoms with Crippen LogP contribution in [0, 0.1) is 10.1 Å². The van der Waals surface area contributed by atoms with Crippen LogP contribution in [0.2, 0.25) is 10.0 Å². The number of nitrogens with two attached hydrogens (primary N) is 1. The quantitative estimate of drug-likeness (QED) is 0.689. The number of hydrogen-bond donors (Lipinski definition) is 1. The second-order valence-corrected chi connectivity index (χ2v) is 4.34. The van der Waals surface area contributed by atoms with Gasteiger partial charge in [0.25, 0.3) is 5.69 Å². The van der Waals surface area contributed by atoms with Crippen LogP contribution in [0.15, 0.2) is 30.3 Å². The van der Waals surface area contributed by atoms with E-state index in [-0.39, 0.29) is 17.4 Å². The molecule has 0 aliphatic rings. The van der Waals surface area contributed by atoms with Crippen LogP contribution in [0.3, 0.4) is 0 Å². The number of benzene rings is 1. The molecule has 1 aromatic carbocycles. The summed E-state index contributed by atoms with van der Waals surface area (Å²) in [6.45, 7) is 0. The second-order valence-electron chi connectivity index (χ2n) is 3.52. The van der Waals surface area contributed by atoms with Gasteiger partial charge in [-0.05, 0) is 12.1 Å². The number of pyridine rings is 1. The van der Waals surface area contributed by atoms with Crippen LogP contribution >= 0.6 is 23.2 Å². The molecule has 0 bridgehead atoms. The first kappa shape index (κ1) is 13.4. The van der Waals surface area contributed by atoms with Crippen molar-refractivity contribution in [2.24, 2.45) is 0 Å². The Kier molecular flexibility index (Phi) is 3.73. The van der Waals surface area contributed by atoms with Crippen molar-refractivity contribution in [3.63, 3.8) is 0 Å². The lowest BCUT2D eigenvalue weighted by Gasteiger charge is -2.06. The Morgan fingerprint density at radius 1 is 1.21 bits per heavy atom. The zero-order valence-corrected chi connectivity index (χ0v) is 10.9. The molecule has 0 saturated heterocycles. The third-order valence-corrected chi connectivity index (χ3v) is 2.87.